The second kappa shape index (κ2) is 9.07. The van der Waals surface area contributed by atoms with E-state index in [2.05, 4.69) is 10.6 Å². The summed E-state index contributed by atoms with van der Waals surface area (Å²) < 4.78 is 10.5. The number of rotatable bonds is 8. The van der Waals surface area contributed by atoms with Gasteiger partial charge in [0.25, 0.3) is 0 Å². The van der Waals surface area contributed by atoms with Crippen molar-refractivity contribution in [2.45, 2.75) is 26.7 Å². The summed E-state index contributed by atoms with van der Waals surface area (Å²) in [5.74, 6) is -1.22. The average molecular weight is 375 g/mol. The van der Waals surface area contributed by atoms with Crippen molar-refractivity contribution in [2.75, 3.05) is 26.1 Å². The standard InChI is InChI=1S/C19H25N3O5/c1-5-7-10-22-18(24)16(17(23)21-19(22)25)13(6-2)20-14-11-12(26-3)8-9-15(14)27-4/h6,8-9,11,16,20H,5,7,10H2,1-4H3,(H,21,23,25)/b13-6+/t16-/m0/s1. The number of benzene rings is 1. The van der Waals surface area contributed by atoms with Crippen LogP contribution in [0.25, 0.3) is 0 Å². The minimum absolute atomic E-state index is 0.268. The van der Waals surface area contributed by atoms with Crippen molar-refractivity contribution in [3.63, 3.8) is 0 Å². The van der Waals surface area contributed by atoms with Crippen LogP contribution in [-0.4, -0.2) is 43.5 Å². The lowest BCUT2D eigenvalue weighted by atomic mass is 9.99. The van der Waals surface area contributed by atoms with Gasteiger partial charge in [-0.15, -0.1) is 0 Å². The van der Waals surface area contributed by atoms with E-state index >= 15 is 0 Å². The lowest BCUT2D eigenvalue weighted by Crippen LogP contribution is -2.58. The molecular formula is C19H25N3O5. The highest BCUT2D eigenvalue weighted by molar-refractivity contribution is 6.18. The number of urea groups is 1. The van der Waals surface area contributed by atoms with Crippen LogP contribution < -0.4 is 20.1 Å². The van der Waals surface area contributed by atoms with Crippen molar-refractivity contribution >= 4 is 23.5 Å². The zero-order valence-corrected chi connectivity index (χ0v) is 16.0. The molecule has 1 aromatic carbocycles. The first-order valence-electron chi connectivity index (χ1n) is 8.78. The normalized spacial score (nSPS) is 17.6. The molecule has 8 heteroatoms. The van der Waals surface area contributed by atoms with E-state index in [1.807, 2.05) is 6.92 Å². The fraction of sp³-hybridized carbons (Fsp3) is 0.421. The van der Waals surface area contributed by atoms with Gasteiger partial charge in [-0.2, -0.15) is 0 Å². The maximum Gasteiger partial charge on any atom is 0.330 e. The van der Waals surface area contributed by atoms with E-state index in [0.29, 0.717) is 29.3 Å². The number of ether oxygens (including phenoxy) is 2. The van der Waals surface area contributed by atoms with Crippen molar-refractivity contribution in [1.29, 1.82) is 0 Å². The Morgan fingerprint density at radius 3 is 2.59 bits per heavy atom. The number of hydrogen-bond donors (Lipinski definition) is 2. The molecule has 1 aromatic rings. The Morgan fingerprint density at radius 2 is 2.00 bits per heavy atom. The Hall–Kier alpha value is -3.03. The van der Waals surface area contributed by atoms with Crippen LogP contribution in [0.1, 0.15) is 26.7 Å². The first-order chi connectivity index (χ1) is 13.0. The van der Waals surface area contributed by atoms with Gasteiger partial charge in [-0.05, 0) is 25.5 Å². The summed E-state index contributed by atoms with van der Waals surface area (Å²) in [6, 6.07) is 4.48. The molecule has 0 saturated carbocycles. The number of allylic oxidation sites excluding steroid dienone is 1. The third-order valence-corrected chi connectivity index (χ3v) is 4.29. The van der Waals surface area contributed by atoms with Gasteiger partial charge in [-0.1, -0.05) is 19.4 Å². The van der Waals surface area contributed by atoms with Gasteiger partial charge in [0.2, 0.25) is 11.8 Å². The van der Waals surface area contributed by atoms with Gasteiger partial charge in [0.15, 0.2) is 5.92 Å². The molecule has 4 amide bonds. The quantitative estimate of drug-likeness (QED) is 0.678. The lowest BCUT2D eigenvalue weighted by Gasteiger charge is -2.31. The summed E-state index contributed by atoms with van der Waals surface area (Å²) >= 11 is 0. The SMILES string of the molecule is C/C=C(/Nc1cc(OC)ccc1OC)[C@H]1C(=O)NC(=O)N(CCCC)C1=O. The van der Waals surface area contributed by atoms with Crippen molar-refractivity contribution in [1.82, 2.24) is 10.2 Å². The molecule has 0 aromatic heterocycles. The van der Waals surface area contributed by atoms with Crippen molar-refractivity contribution in [3.05, 3.63) is 30.0 Å². The summed E-state index contributed by atoms with van der Waals surface area (Å²) in [5.41, 5.74) is 0.903. The highest BCUT2D eigenvalue weighted by Crippen LogP contribution is 2.32. The van der Waals surface area contributed by atoms with Crippen LogP contribution in [-0.2, 0) is 9.59 Å². The summed E-state index contributed by atoms with van der Waals surface area (Å²) in [6.07, 6.45) is 3.13. The number of carbonyl (C=O) groups excluding carboxylic acids is 3. The van der Waals surface area contributed by atoms with Gasteiger partial charge >= 0.3 is 6.03 Å². The number of barbiturate groups is 1. The van der Waals surface area contributed by atoms with Crippen LogP contribution >= 0.6 is 0 Å². The molecule has 27 heavy (non-hydrogen) atoms. The fourth-order valence-corrected chi connectivity index (χ4v) is 2.79. The fourth-order valence-electron chi connectivity index (χ4n) is 2.79. The van der Waals surface area contributed by atoms with Crippen LogP contribution in [0.5, 0.6) is 11.5 Å². The third-order valence-electron chi connectivity index (χ3n) is 4.29. The van der Waals surface area contributed by atoms with Crippen LogP contribution in [0.2, 0.25) is 0 Å². The molecule has 1 heterocycles. The molecule has 0 spiro atoms. The zero-order chi connectivity index (χ0) is 20.0. The molecule has 0 radical (unpaired) electrons. The highest BCUT2D eigenvalue weighted by atomic mass is 16.5. The van der Waals surface area contributed by atoms with E-state index in [1.165, 1.54) is 14.2 Å². The van der Waals surface area contributed by atoms with E-state index < -0.39 is 23.8 Å². The van der Waals surface area contributed by atoms with Gasteiger partial charge in [0.1, 0.15) is 11.5 Å². The minimum Gasteiger partial charge on any atom is -0.497 e. The van der Waals surface area contributed by atoms with Gasteiger partial charge < -0.3 is 14.8 Å². The van der Waals surface area contributed by atoms with Gasteiger partial charge in [-0.25, -0.2) is 4.79 Å². The molecule has 2 N–H and O–H groups in total. The number of methoxy groups -OCH3 is 2. The Kier molecular flexibility index (Phi) is 6.81. The molecule has 1 saturated heterocycles. The Bertz CT molecular complexity index is 760. The molecule has 1 aliphatic rings. The third kappa shape index (κ3) is 4.39. The molecule has 0 unspecified atom stereocenters. The molecule has 1 atom stereocenters. The first kappa shape index (κ1) is 20.3. The van der Waals surface area contributed by atoms with E-state index in [0.717, 1.165) is 11.3 Å². The predicted molar refractivity (Wildman–Crippen MR) is 101 cm³/mol. The number of hydrogen-bond acceptors (Lipinski definition) is 6. The second-order valence-electron chi connectivity index (χ2n) is 6.01. The summed E-state index contributed by atoms with van der Waals surface area (Å²) in [7, 11) is 3.06. The lowest BCUT2D eigenvalue weighted by molar-refractivity contribution is -0.140. The number of unbranched alkanes of at least 4 members (excludes halogenated alkanes) is 1. The summed E-state index contributed by atoms with van der Waals surface area (Å²) in [4.78, 5) is 38.3. The van der Waals surface area contributed by atoms with Crippen molar-refractivity contribution in [3.8, 4) is 11.5 Å². The van der Waals surface area contributed by atoms with Crippen molar-refractivity contribution < 1.29 is 23.9 Å². The average Bonchev–Trinajstić information content (AvgIpc) is 2.66. The van der Waals surface area contributed by atoms with Crippen LogP contribution in [0.3, 0.4) is 0 Å². The van der Waals surface area contributed by atoms with Gasteiger partial charge in [0, 0.05) is 18.3 Å². The van der Waals surface area contributed by atoms with Crippen LogP contribution in [0, 0.1) is 5.92 Å². The molecule has 1 fully saturated rings. The number of amides is 4. The molecule has 146 valence electrons. The highest BCUT2D eigenvalue weighted by Gasteiger charge is 2.42. The maximum absolute atomic E-state index is 12.8. The number of carbonyl (C=O) groups is 3. The Morgan fingerprint density at radius 1 is 1.26 bits per heavy atom. The molecular weight excluding hydrogens is 350 g/mol. The molecule has 2 rings (SSSR count). The second-order valence-corrected chi connectivity index (χ2v) is 6.01. The van der Waals surface area contributed by atoms with E-state index in [4.69, 9.17) is 9.47 Å². The van der Waals surface area contributed by atoms with Crippen LogP contribution in [0.15, 0.2) is 30.0 Å². The smallest absolute Gasteiger partial charge is 0.330 e. The number of nitrogens with one attached hydrogen (secondary N) is 2. The summed E-state index contributed by atoms with van der Waals surface area (Å²) in [5, 5.41) is 5.34. The van der Waals surface area contributed by atoms with E-state index in [-0.39, 0.29) is 6.54 Å². The zero-order valence-electron chi connectivity index (χ0n) is 16.0. The van der Waals surface area contributed by atoms with Crippen molar-refractivity contribution in [2.24, 2.45) is 5.92 Å². The van der Waals surface area contributed by atoms with Gasteiger partial charge in [-0.3, -0.25) is 19.8 Å². The largest absolute Gasteiger partial charge is 0.497 e. The van der Waals surface area contributed by atoms with Gasteiger partial charge in [0.05, 0.1) is 19.9 Å². The molecule has 8 nitrogen and oxygen atoms in total. The topological polar surface area (TPSA) is 97.0 Å². The predicted octanol–water partition coefficient (Wildman–Crippen LogP) is 2.51. The first-order valence-corrected chi connectivity index (χ1v) is 8.78. The number of imide groups is 2. The minimum atomic E-state index is -1.14. The molecule has 0 aliphatic carbocycles. The Labute approximate surface area is 158 Å². The van der Waals surface area contributed by atoms with E-state index in [9.17, 15) is 14.4 Å². The van der Waals surface area contributed by atoms with Crippen LogP contribution in [0.4, 0.5) is 10.5 Å². The number of nitrogens with zero attached hydrogens (tertiary/aromatic N) is 1. The molecule has 0 bridgehead atoms. The Balaban J connectivity index is 2.32. The molecule has 1 aliphatic heterocycles. The maximum atomic E-state index is 12.8. The number of anilines is 1. The summed E-state index contributed by atoms with van der Waals surface area (Å²) in [6.45, 7) is 3.94. The monoisotopic (exact) mass is 375 g/mol. The van der Waals surface area contributed by atoms with E-state index in [1.54, 1.807) is 31.2 Å².